The summed E-state index contributed by atoms with van der Waals surface area (Å²) in [6, 6.07) is 17.2. The van der Waals surface area contributed by atoms with E-state index in [-0.39, 0.29) is 5.91 Å². The van der Waals surface area contributed by atoms with Crippen LogP contribution in [0.25, 0.3) is 10.9 Å². The Morgan fingerprint density at radius 2 is 1.97 bits per heavy atom. The number of fused-ring (bicyclic) bond motifs is 1. The van der Waals surface area contributed by atoms with Crippen LogP contribution in [0.1, 0.15) is 42.7 Å². The Hall–Kier alpha value is -2.63. The molecule has 0 saturated carbocycles. The largest absolute Gasteiger partial charge is 0.381 e. The van der Waals surface area contributed by atoms with Gasteiger partial charge in [0.05, 0.1) is 5.41 Å². The summed E-state index contributed by atoms with van der Waals surface area (Å²) in [5.41, 5.74) is 4.27. The molecule has 0 radical (unpaired) electrons. The van der Waals surface area contributed by atoms with E-state index in [4.69, 9.17) is 4.74 Å². The van der Waals surface area contributed by atoms with Crippen molar-refractivity contribution >= 4 is 22.5 Å². The van der Waals surface area contributed by atoms with Crippen molar-refractivity contribution in [2.75, 3.05) is 38.7 Å². The van der Waals surface area contributed by atoms with Crippen LogP contribution in [0.3, 0.4) is 0 Å². The van der Waals surface area contributed by atoms with Crippen LogP contribution >= 0.6 is 0 Å². The lowest BCUT2D eigenvalue weighted by Crippen LogP contribution is -2.42. The summed E-state index contributed by atoms with van der Waals surface area (Å²) in [7, 11) is 4.25. The molecule has 0 bridgehead atoms. The maximum absolute atomic E-state index is 13.7. The van der Waals surface area contributed by atoms with E-state index in [0.717, 1.165) is 36.9 Å². The molecular weight excluding hydrogens is 410 g/mol. The van der Waals surface area contributed by atoms with Crippen LogP contribution in [-0.4, -0.2) is 48.7 Å². The van der Waals surface area contributed by atoms with Crippen LogP contribution in [-0.2, 0) is 23.0 Å². The second kappa shape index (κ2) is 9.32. The van der Waals surface area contributed by atoms with E-state index in [1.54, 1.807) is 0 Å². The van der Waals surface area contributed by atoms with Crippen molar-refractivity contribution in [2.45, 2.75) is 38.0 Å². The smallest absolute Gasteiger partial charge is 0.231 e. The topological polar surface area (TPSA) is 46.5 Å². The lowest BCUT2D eigenvalue weighted by molar-refractivity contribution is -0.131. The number of benzene rings is 2. The molecular formula is C28H35N3O2. The van der Waals surface area contributed by atoms with E-state index >= 15 is 0 Å². The molecule has 2 saturated heterocycles. The molecule has 0 unspecified atom stereocenters. The lowest BCUT2D eigenvalue weighted by Gasteiger charge is -2.36. The summed E-state index contributed by atoms with van der Waals surface area (Å²) >= 11 is 0. The van der Waals surface area contributed by atoms with Crippen LogP contribution in [0, 0.1) is 5.41 Å². The van der Waals surface area contributed by atoms with Crippen molar-refractivity contribution in [3.63, 3.8) is 0 Å². The Labute approximate surface area is 196 Å². The van der Waals surface area contributed by atoms with Crippen molar-refractivity contribution in [3.8, 4) is 0 Å². The molecule has 1 N–H and O–H groups in total. The van der Waals surface area contributed by atoms with Gasteiger partial charge in [0, 0.05) is 49.6 Å². The molecule has 3 aromatic rings. The minimum Gasteiger partial charge on any atom is -0.381 e. The van der Waals surface area contributed by atoms with Gasteiger partial charge in [0.15, 0.2) is 0 Å². The van der Waals surface area contributed by atoms with Crippen molar-refractivity contribution in [1.29, 1.82) is 0 Å². The maximum Gasteiger partial charge on any atom is 0.231 e. The number of likely N-dealkylation sites (tertiary alicyclic amines) is 1. The van der Waals surface area contributed by atoms with E-state index in [9.17, 15) is 4.79 Å². The van der Waals surface area contributed by atoms with Crippen LogP contribution in [0.2, 0.25) is 0 Å². The number of likely N-dealkylation sites (N-methyl/N-ethyl adjacent to an activating group) is 1. The Morgan fingerprint density at radius 3 is 2.79 bits per heavy atom. The summed E-state index contributed by atoms with van der Waals surface area (Å²) in [5.74, 6) is 0.699. The monoisotopic (exact) mass is 445 g/mol. The minimum absolute atomic E-state index is 0.115. The van der Waals surface area contributed by atoms with Gasteiger partial charge in [-0.1, -0.05) is 24.3 Å². The van der Waals surface area contributed by atoms with Crippen molar-refractivity contribution in [1.82, 2.24) is 9.47 Å². The second-order valence-corrected chi connectivity index (χ2v) is 10.1. The number of aromatic nitrogens is 1. The first-order chi connectivity index (χ1) is 16.0. The van der Waals surface area contributed by atoms with Crippen molar-refractivity contribution in [2.24, 2.45) is 12.5 Å². The van der Waals surface area contributed by atoms with Crippen LogP contribution in [0.15, 0.2) is 54.7 Å². The number of anilines is 1. The third kappa shape index (κ3) is 4.71. The van der Waals surface area contributed by atoms with Gasteiger partial charge >= 0.3 is 0 Å². The van der Waals surface area contributed by atoms with Crippen LogP contribution in [0.5, 0.6) is 0 Å². The first-order valence-electron chi connectivity index (χ1n) is 12.2. The van der Waals surface area contributed by atoms with Crippen molar-refractivity contribution < 1.29 is 9.53 Å². The number of amides is 1. The molecule has 5 nitrogen and oxygen atoms in total. The first kappa shape index (κ1) is 22.2. The summed E-state index contributed by atoms with van der Waals surface area (Å²) in [5, 5.41) is 4.39. The Bertz CT molecular complexity index is 1130. The van der Waals surface area contributed by atoms with Gasteiger partial charge in [-0.05, 0) is 87.0 Å². The standard InChI is InChI=1S/C28H35N3O2/c1-30-13-4-7-24(20-30)22-6-3-5-21(17-22)19-28(11-15-33-16-12-28)27(32)29-25-8-9-26-23(18-25)10-14-31(26)2/h3,5-6,8-10,14,17-18,24H,4,7,11-13,15-16,19-20H2,1-2H3,(H,29,32)/t24-/m0/s1. The van der Waals surface area contributed by atoms with E-state index < -0.39 is 5.41 Å². The predicted molar refractivity (Wildman–Crippen MR) is 134 cm³/mol. The molecule has 2 fully saturated rings. The predicted octanol–water partition coefficient (Wildman–Crippen LogP) is 4.97. The molecule has 0 spiro atoms. The fourth-order valence-electron chi connectivity index (χ4n) is 5.66. The summed E-state index contributed by atoms with van der Waals surface area (Å²) in [6.07, 6.45) is 6.81. The molecule has 33 heavy (non-hydrogen) atoms. The number of ether oxygens (including phenoxy) is 1. The van der Waals surface area contributed by atoms with E-state index in [1.807, 2.05) is 19.3 Å². The van der Waals surface area contributed by atoms with Gasteiger partial charge in [0.1, 0.15) is 0 Å². The Balaban J connectivity index is 1.37. The molecule has 0 aliphatic carbocycles. The Morgan fingerprint density at radius 1 is 1.12 bits per heavy atom. The molecule has 1 atom stereocenters. The average molecular weight is 446 g/mol. The molecule has 5 rings (SSSR count). The number of hydrogen-bond acceptors (Lipinski definition) is 3. The van der Waals surface area contributed by atoms with Gasteiger partial charge < -0.3 is 19.5 Å². The molecule has 5 heteroatoms. The summed E-state index contributed by atoms with van der Waals surface area (Å²) in [4.78, 5) is 16.1. The highest BCUT2D eigenvalue weighted by molar-refractivity contribution is 5.97. The first-order valence-corrected chi connectivity index (χ1v) is 12.2. The summed E-state index contributed by atoms with van der Waals surface area (Å²) in [6.45, 7) is 3.58. The highest BCUT2D eigenvalue weighted by Crippen LogP contribution is 2.37. The van der Waals surface area contributed by atoms with Crippen LogP contribution < -0.4 is 5.32 Å². The van der Waals surface area contributed by atoms with Crippen LogP contribution in [0.4, 0.5) is 5.69 Å². The van der Waals surface area contributed by atoms with Gasteiger partial charge in [-0.15, -0.1) is 0 Å². The third-order valence-corrected chi connectivity index (χ3v) is 7.66. The van der Waals surface area contributed by atoms with Crippen molar-refractivity contribution in [3.05, 3.63) is 65.9 Å². The molecule has 3 heterocycles. The van der Waals surface area contributed by atoms with E-state index in [0.29, 0.717) is 19.1 Å². The van der Waals surface area contributed by atoms with Gasteiger partial charge in [-0.2, -0.15) is 0 Å². The number of nitrogens with one attached hydrogen (secondary N) is 1. The zero-order chi connectivity index (χ0) is 22.8. The van der Waals surface area contributed by atoms with Gasteiger partial charge in [-0.25, -0.2) is 0 Å². The van der Waals surface area contributed by atoms with Gasteiger partial charge in [0.2, 0.25) is 5.91 Å². The molecule has 174 valence electrons. The summed E-state index contributed by atoms with van der Waals surface area (Å²) < 4.78 is 7.76. The number of hydrogen-bond donors (Lipinski definition) is 1. The number of piperidine rings is 1. The molecule has 2 aromatic carbocycles. The quantitative estimate of drug-likeness (QED) is 0.603. The van der Waals surface area contributed by atoms with E-state index in [1.165, 1.54) is 36.0 Å². The molecule has 1 aromatic heterocycles. The Kier molecular flexibility index (Phi) is 6.26. The number of rotatable bonds is 5. The highest BCUT2D eigenvalue weighted by atomic mass is 16.5. The zero-order valence-electron chi connectivity index (χ0n) is 19.8. The normalized spacial score (nSPS) is 21.2. The maximum atomic E-state index is 13.7. The molecule has 2 aliphatic heterocycles. The fourth-order valence-corrected chi connectivity index (χ4v) is 5.66. The number of nitrogens with zero attached hydrogens (tertiary/aromatic N) is 2. The van der Waals surface area contributed by atoms with Gasteiger partial charge in [0.25, 0.3) is 0 Å². The number of carbonyl (C=O) groups excluding carboxylic acids is 1. The average Bonchev–Trinajstić information content (AvgIpc) is 3.20. The fraction of sp³-hybridized carbons (Fsp3) is 0.464. The SMILES string of the molecule is CN1CCC[C@H](c2cccc(CC3(C(=O)Nc4ccc5c(ccn5C)c4)CCOCC3)c2)C1. The van der Waals surface area contributed by atoms with E-state index in [2.05, 4.69) is 64.3 Å². The number of aryl methyl sites for hydroxylation is 1. The van der Waals surface area contributed by atoms with Gasteiger partial charge in [-0.3, -0.25) is 4.79 Å². The molecule has 1 amide bonds. The second-order valence-electron chi connectivity index (χ2n) is 10.1. The minimum atomic E-state index is -0.439. The number of carbonyl (C=O) groups is 1. The molecule has 2 aliphatic rings. The zero-order valence-corrected chi connectivity index (χ0v) is 19.8. The highest BCUT2D eigenvalue weighted by Gasteiger charge is 2.40. The lowest BCUT2D eigenvalue weighted by atomic mass is 9.74. The third-order valence-electron chi connectivity index (χ3n) is 7.66.